The topological polar surface area (TPSA) is 54.0 Å². The van der Waals surface area contributed by atoms with Crippen molar-refractivity contribution in [2.75, 3.05) is 24.6 Å². The fraction of sp³-hybridized carbons (Fsp3) is 0.200. The van der Waals surface area contributed by atoms with Crippen LogP contribution in [-0.4, -0.2) is 19.4 Å². The lowest BCUT2D eigenvalue weighted by atomic mass is 10.2. The van der Waals surface area contributed by atoms with E-state index >= 15 is 0 Å². The van der Waals surface area contributed by atoms with Gasteiger partial charge in [-0.15, -0.1) is 0 Å². The van der Waals surface area contributed by atoms with Crippen molar-refractivity contribution in [1.29, 1.82) is 0 Å². The van der Waals surface area contributed by atoms with E-state index in [2.05, 4.69) is 5.32 Å². The summed E-state index contributed by atoms with van der Waals surface area (Å²) in [6.07, 6.45) is 3.14. The minimum Gasteiger partial charge on any atom is -0.493 e. The Labute approximate surface area is 87.5 Å². The van der Waals surface area contributed by atoms with E-state index in [1.807, 2.05) is 0 Å². The summed E-state index contributed by atoms with van der Waals surface area (Å²) in [5.74, 6) is 1.19. The van der Waals surface area contributed by atoms with Crippen LogP contribution in [0.3, 0.4) is 0 Å². The van der Waals surface area contributed by atoms with Gasteiger partial charge in [-0.05, 0) is 0 Å². The summed E-state index contributed by atoms with van der Waals surface area (Å²) in [5.41, 5.74) is 1.38. The summed E-state index contributed by atoms with van der Waals surface area (Å²) in [6, 6.07) is 3.46. The fourth-order valence-corrected chi connectivity index (χ4v) is 1.45. The molecule has 0 spiro atoms. The van der Waals surface area contributed by atoms with E-state index in [0.29, 0.717) is 17.2 Å². The van der Waals surface area contributed by atoms with Crippen molar-refractivity contribution in [1.82, 2.24) is 0 Å². The van der Waals surface area contributed by atoms with Gasteiger partial charge in [-0.3, -0.25) is 5.21 Å². The second-order valence-electron chi connectivity index (χ2n) is 3.03. The molecule has 0 fully saturated rings. The lowest BCUT2D eigenvalue weighted by Crippen LogP contribution is -2.15. The largest absolute Gasteiger partial charge is 0.493 e. The number of anilines is 2. The van der Waals surface area contributed by atoms with Crippen molar-refractivity contribution in [2.24, 2.45) is 0 Å². The van der Waals surface area contributed by atoms with Crippen LogP contribution in [0.2, 0.25) is 0 Å². The molecule has 5 nitrogen and oxygen atoms in total. The maximum atomic E-state index is 9.56. The van der Waals surface area contributed by atoms with Gasteiger partial charge in [0.1, 0.15) is 0 Å². The molecule has 0 atom stereocenters. The Bertz CT molecular complexity index is 404. The highest BCUT2D eigenvalue weighted by Crippen LogP contribution is 2.39. The number of hydrogen-bond acceptors (Lipinski definition) is 5. The number of nitrogens with one attached hydrogen (secondary N) is 1. The summed E-state index contributed by atoms with van der Waals surface area (Å²) >= 11 is 0. The zero-order valence-corrected chi connectivity index (χ0v) is 8.52. The van der Waals surface area contributed by atoms with Gasteiger partial charge in [-0.25, -0.2) is 5.06 Å². The normalized spacial score (nSPS) is 13.1. The second kappa shape index (κ2) is 3.70. The maximum absolute atomic E-state index is 9.56. The average molecular weight is 208 g/mol. The third-order valence-corrected chi connectivity index (χ3v) is 2.20. The highest BCUT2D eigenvalue weighted by atomic mass is 16.5. The molecule has 0 saturated heterocycles. The van der Waals surface area contributed by atoms with Crippen LogP contribution in [-0.2, 0) is 0 Å². The second-order valence-corrected chi connectivity index (χ2v) is 3.03. The minimum absolute atomic E-state index is 0.576. The molecule has 1 aliphatic heterocycles. The standard InChI is InChI=1S/C10H12N2O3/c1-14-9-5-7-8(6-10(9)15-2)12(13)4-3-11-7/h3-6,11,13H,1-2H3. The van der Waals surface area contributed by atoms with E-state index in [1.54, 1.807) is 32.6 Å². The predicted octanol–water partition coefficient (Wildman–Crippen LogP) is 1.80. The smallest absolute Gasteiger partial charge is 0.163 e. The average Bonchev–Trinajstić information content (AvgIpc) is 2.28. The first kappa shape index (κ1) is 9.67. The van der Waals surface area contributed by atoms with Crippen molar-refractivity contribution in [2.45, 2.75) is 0 Å². The van der Waals surface area contributed by atoms with E-state index in [9.17, 15) is 5.21 Å². The zero-order chi connectivity index (χ0) is 10.8. The molecule has 0 saturated carbocycles. The van der Waals surface area contributed by atoms with Crippen LogP contribution in [0.5, 0.6) is 11.5 Å². The molecule has 0 unspecified atom stereocenters. The van der Waals surface area contributed by atoms with Crippen LogP contribution in [0.1, 0.15) is 0 Å². The number of methoxy groups -OCH3 is 2. The quantitative estimate of drug-likeness (QED) is 0.776. The number of hydrogen-bond donors (Lipinski definition) is 2. The Morgan fingerprint density at radius 1 is 1.20 bits per heavy atom. The third kappa shape index (κ3) is 1.57. The Morgan fingerprint density at radius 3 is 2.53 bits per heavy atom. The maximum Gasteiger partial charge on any atom is 0.163 e. The Kier molecular flexibility index (Phi) is 2.39. The SMILES string of the molecule is COc1cc2c(cc1OC)N(O)C=CN2. The number of ether oxygens (including phenoxy) is 2. The van der Waals surface area contributed by atoms with Gasteiger partial charge in [0.15, 0.2) is 11.5 Å². The summed E-state index contributed by atoms with van der Waals surface area (Å²) in [6.45, 7) is 0. The van der Waals surface area contributed by atoms with Crippen LogP contribution in [0, 0.1) is 0 Å². The number of fused-ring (bicyclic) bond motifs is 1. The number of nitrogens with zero attached hydrogens (tertiary/aromatic N) is 1. The Hall–Kier alpha value is -1.88. The van der Waals surface area contributed by atoms with Gasteiger partial charge in [-0.2, -0.15) is 0 Å². The van der Waals surface area contributed by atoms with E-state index in [1.165, 1.54) is 6.20 Å². The lowest BCUT2D eigenvalue weighted by Gasteiger charge is -2.22. The van der Waals surface area contributed by atoms with Crippen molar-refractivity contribution in [3.63, 3.8) is 0 Å². The fourth-order valence-electron chi connectivity index (χ4n) is 1.45. The van der Waals surface area contributed by atoms with Gasteiger partial charge in [-0.1, -0.05) is 0 Å². The summed E-state index contributed by atoms with van der Waals surface area (Å²) in [7, 11) is 3.12. The molecule has 0 bridgehead atoms. The highest BCUT2D eigenvalue weighted by Gasteiger charge is 2.15. The van der Waals surface area contributed by atoms with Crippen molar-refractivity contribution < 1.29 is 14.7 Å². The van der Waals surface area contributed by atoms with E-state index in [-0.39, 0.29) is 0 Å². The molecule has 5 heteroatoms. The number of rotatable bonds is 2. The monoisotopic (exact) mass is 208 g/mol. The molecular formula is C10H12N2O3. The van der Waals surface area contributed by atoms with Gasteiger partial charge in [0, 0.05) is 24.5 Å². The van der Waals surface area contributed by atoms with Crippen LogP contribution < -0.4 is 19.9 Å². The van der Waals surface area contributed by atoms with Crippen LogP contribution >= 0.6 is 0 Å². The molecule has 1 aromatic carbocycles. The molecule has 0 amide bonds. The summed E-state index contributed by atoms with van der Waals surface area (Å²) in [5, 5.41) is 13.6. The third-order valence-electron chi connectivity index (χ3n) is 2.20. The van der Waals surface area contributed by atoms with E-state index in [0.717, 1.165) is 10.8 Å². The van der Waals surface area contributed by atoms with Gasteiger partial charge < -0.3 is 14.8 Å². The lowest BCUT2D eigenvalue weighted by molar-refractivity contribution is 0.294. The van der Waals surface area contributed by atoms with Crippen molar-refractivity contribution in [3.8, 4) is 11.5 Å². The van der Waals surface area contributed by atoms with Crippen LogP contribution in [0.4, 0.5) is 11.4 Å². The molecule has 80 valence electrons. The highest BCUT2D eigenvalue weighted by molar-refractivity contribution is 5.77. The molecule has 1 aromatic rings. The summed E-state index contributed by atoms with van der Waals surface area (Å²) < 4.78 is 10.3. The molecule has 0 aromatic heterocycles. The van der Waals surface area contributed by atoms with Crippen molar-refractivity contribution in [3.05, 3.63) is 24.5 Å². The Morgan fingerprint density at radius 2 is 1.87 bits per heavy atom. The first-order chi connectivity index (χ1) is 7.26. The van der Waals surface area contributed by atoms with E-state index in [4.69, 9.17) is 9.47 Å². The Balaban J connectivity index is 2.51. The first-order valence-electron chi connectivity index (χ1n) is 4.43. The molecule has 15 heavy (non-hydrogen) atoms. The molecule has 0 radical (unpaired) electrons. The first-order valence-corrected chi connectivity index (χ1v) is 4.43. The number of hydroxylamine groups is 1. The molecule has 1 heterocycles. The zero-order valence-electron chi connectivity index (χ0n) is 8.52. The molecular weight excluding hydrogens is 196 g/mol. The van der Waals surface area contributed by atoms with Gasteiger partial charge >= 0.3 is 0 Å². The number of benzene rings is 1. The predicted molar refractivity (Wildman–Crippen MR) is 56.6 cm³/mol. The molecule has 1 aliphatic rings. The van der Waals surface area contributed by atoms with Gasteiger partial charge in [0.25, 0.3) is 0 Å². The summed E-state index contributed by atoms with van der Waals surface area (Å²) in [4.78, 5) is 0. The molecule has 0 aliphatic carbocycles. The van der Waals surface area contributed by atoms with Gasteiger partial charge in [0.2, 0.25) is 0 Å². The minimum atomic E-state index is 0.576. The molecule has 2 rings (SSSR count). The molecule has 2 N–H and O–H groups in total. The van der Waals surface area contributed by atoms with Crippen LogP contribution in [0.15, 0.2) is 24.5 Å². The van der Waals surface area contributed by atoms with E-state index < -0.39 is 0 Å². The van der Waals surface area contributed by atoms with Gasteiger partial charge in [0.05, 0.1) is 25.6 Å². The van der Waals surface area contributed by atoms with Crippen LogP contribution in [0.25, 0.3) is 0 Å². The van der Waals surface area contributed by atoms with Crippen molar-refractivity contribution >= 4 is 11.4 Å².